The lowest BCUT2D eigenvalue weighted by Crippen LogP contribution is -2.38. The number of likely N-dealkylation sites (N-methyl/N-ethyl adjacent to an activating group) is 1. The van der Waals surface area contributed by atoms with Gasteiger partial charge in [-0.05, 0) is 42.9 Å². The Bertz CT molecular complexity index is 735. The highest BCUT2D eigenvalue weighted by Crippen LogP contribution is 2.08. The number of halogens is 2. The zero-order chi connectivity index (χ0) is 18.2. The summed E-state index contributed by atoms with van der Waals surface area (Å²) in [6.45, 7) is 0.292. The quantitative estimate of drug-likeness (QED) is 0.807. The maximum Gasteiger partial charge on any atom is 0.238 e. The second kappa shape index (κ2) is 8.89. The maximum atomic E-state index is 13.1. The van der Waals surface area contributed by atoms with Crippen LogP contribution in [0.1, 0.15) is 5.56 Å². The van der Waals surface area contributed by atoms with Gasteiger partial charge in [0.15, 0.2) is 0 Å². The molecule has 2 rings (SSSR count). The van der Waals surface area contributed by atoms with Crippen LogP contribution in [0.15, 0.2) is 48.5 Å². The Morgan fingerprint density at radius 2 is 1.64 bits per heavy atom. The number of hydrogen-bond acceptors (Lipinski definition) is 3. The van der Waals surface area contributed by atoms with E-state index >= 15 is 0 Å². The summed E-state index contributed by atoms with van der Waals surface area (Å²) in [5.41, 5.74) is 1.14. The van der Waals surface area contributed by atoms with Gasteiger partial charge in [0.05, 0.1) is 13.1 Å². The normalized spacial score (nSPS) is 10.6. The Kier molecular flexibility index (Phi) is 6.59. The van der Waals surface area contributed by atoms with Crippen LogP contribution in [0.4, 0.5) is 14.5 Å². The summed E-state index contributed by atoms with van der Waals surface area (Å²) in [5, 5.41) is 5.26. The SMILES string of the molecule is CN(CC(=O)NCc1ccc(F)cc1)CC(=O)Nc1cccc(F)c1. The summed E-state index contributed by atoms with van der Waals surface area (Å²) < 4.78 is 25.9. The molecule has 132 valence electrons. The van der Waals surface area contributed by atoms with Gasteiger partial charge in [0.25, 0.3) is 0 Å². The van der Waals surface area contributed by atoms with Crippen LogP contribution in [0.3, 0.4) is 0 Å². The molecule has 0 bridgehead atoms. The molecule has 7 heteroatoms. The molecule has 0 saturated heterocycles. The lowest BCUT2D eigenvalue weighted by Gasteiger charge is -2.16. The van der Waals surface area contributed by atoms with Crippen LogP contribution in [0.5, 0.6) is 0 Å². The van der Waals surface area contributed by atoms with Crippen LogP contribution in [-0.2, 0) is 16.1 Å². The zero-order valence-electron chi connectivity index (χ0n) is 13.8. The number of carbonyl (C=O) groups excluding carboxylic acids is 2. The Morgan fingerprint density at radius 3 is 2.32 bits per heavy atom. The van der Waals surface area contributed by atoms with Gasteiger partial charge in [-0.3, -0.25) is 14.5 Å². The molecule has 0 aliphatic heterocycles. The molecule has 0 fully saturated rings. The van der Waals surface area contributed by atoms with Gasteiger partial charge in [0.2, 0.25) is 11.8 Å². The van der Waals surface area contributed by atoms with E-state index in [2.05, 4.69) is 10.6 Å². The lowest BCUT2D eigenvalue weighted by molar-refractivity contribution is -0.123. The van der Waals surface area contributed by atoms with Crippen molar-refractivity contribution in [2.45, 2.75) is 6.54 Å². The molecule has 0 heterocycles. The number of amides is 2. The second-order valence-corrected chi connectivity index (χ2v) is 5.63. The average molecular weight is 347 g/mol. The molecular weight excluding hydrogens is 328 g/mol. The van der Waals surface area contributed by atoms with Crippen molar-refractivity contribution in [3.8, 4) is 0 Å². The molecule has 2 aromatic carbocycles. The van der Waals surface area contributed by atoms with Gasteiger partial charge in [-0.1, -0.05) is 18.2 Å². The largest absolute Gasteiger partial charge is 0.351 e. The van der Waals surface area contributed by atoms with Gasteiger partial charge in [0, 0.05) is 12.2 Å². The van der Waals surface area contributed by atoms with Crippen LogP contribution in [0.25, 0.3) is 0 Å². The predicted octanol–water partition coefficient (Wildman–Crippen LogP) is 2.15. The van der Waals surface area contributed by atoms with E-state index in [1.807, 2.05) is 0 Å². The molecule has 0 spiro atoms. The Hall–Kier alpha value is -2.80. The first-order valence-electron chi connectivity index (χ1n) is 7.67. The third-order valence-corrected chi connectivity index (χ3v) is 3.34. The molecule has 0 aliphatic carbocycles. The van der Waals surface area contributed by atoms with Crippen LogP contribution >= 0.6 is 0 Å². The van der Waals surface area contributed by atoms with Crippen molar-refractivity contribution in [1.29, 1.82) is 0 Å². The molecule has 2 amide bonds. The Balaban J connectivity index is 1.73. The third-order valence-electron chi connectivity index (χ3n) is 3.34. The van der Waals surface area contributed by atoms with E-state index in [4.69, 9.17) is 0 Å². The molecule has 5 nitrogen and oxygen atoms in total. The van der Waals surface area contributed by atoms with E-state index in [9.17, 15) is 18.4 Å². The molecule has 0 saturated carbocycles. The highest BCUT2D eigenvalue weighted by Gasteiger charge is 2.11. The van der Waals surface area contributed by atoms with Crippen molar-refractivity contribution in [3.63, 3.8) is 0 Å². The monoisotopic (exact) mass is 347 g/mol. The molecule has 0 aromatic heterocycles. The summed E-state index contributed by atoms with van der Waals surface area (Å²) in [6.07, 6.45) is 0. The minimum Gasteiger partial charge on any atom is -0.351 e. The maximum absolute atomic E-state index is 13.1. The average Bonchev–Trinajstić information content (AvgIpc) is 2.54. The van der Waals surface area contributed by atoms with Gasteiger partial charge < -0.3 is 10.6 Å². The van der Waals surface area contributed by atoms with Crippen LogP contribution in [0.2, 0.25) is 0 Å². The molecule has 0 aliphatic rings. The van der Waals surface area contributed by atoms with E-state index < -0.39 is 5.82 Å². The minimum absolute atomic E-state index is 0.0134. The number of anilines is 1. The zero-order valence-corrected chi connectivity index (χ0v) is 13.8. The summed E-state index contributed by atoms with van der Waals surface area (Å²) in [5.74, 6) is -1.38. The molecular formula is C18H19F2N3O2. The van der Waals surface area contributed by atoms with Gasteiger partial charge in [-0.2, -0.15) is 0 Å². The fraction of sp³-hybridized carbons (Fsp3) is 0.222. The van der Waals surface area contributed by atoms with Crippen molar-refractivity contribution in [3.05, 3.63) is 65.7 Å². The number of nitrogens with one attached hydrogen (secondary N) is 2. The summed E-state index contributed by atoms with van der Waals surface area (Å²) in [6, 6.07) is 11.4. The van der Waals surface area contributed by atoms with E-state index in [0.717, 1.165) is 5.56 Å². The number of rotatable bonds is 7. The highest BCUT2D eigenvalue weighted by molar-refractivity contribution is 5.92. The second-order valence-electron chi connectivity index (χ2n) is 5.63. The van der Waals surface area contributed by atoms with Crippen molar-refractivity contribution >= 4 is 17.5 Å². The van der Waals surface area contributed by atoms with Crippen LogP contribution in [-0.4, -0.2) is 36.9 Å². The molecule has 0 radical (unpaired) electrons. The Labute approximate surface area is 144 Å². The van der Waals surface area contributed by atoms with Crippen molar-refractivity contribution in [1.82, 2.24) is 10.2 Å². The number of carbonyl (C=O) groups is 2. The summed E-state index contributed by atoms with van der Waals surface area (Å²) in [7, 11) is 1.63. The fourth-order valence-electron chi connectivity index (χ4n) is 2.17. The van der Waals surface area contributed by atoms with E-state index in [1.54, 1.807) is 25.2 Å². The lowest BCUT2D eigenvalue weighted by atomic mass is 10.2. The van der Waals surface area contributed by atoms with Crippen molar-refractivity contribution in [2.24, 2.45) is 0 Å². The fourth-order valence-corrected chi connectivity index (χ4v) is 2.17. The van der Waals surface area contributed by atoms with Crippen LogP contribution < -0.4 is 10.6 Å². The highest BCUT2D eigenvalue weighted by atomic mass is 19.1. The van der Waals surface area contributed by atoms with E-state index in [-0.39, 0.29) is 37.3 Å². The molecule has 25 heavy (non-hydrogen) atoms. The number of benzene rings is 2. The number of nitrogens with zero attached hydrogens (tertiary/aromatic N) is 1. The standard InChI is InChI=1S/C18H19F2N3O2/c1-23(12-18(25)22-16-4-2-3-15(20)9-16)11-17(24)21-10-13-5-7-14(19)8-6-13/h2-9H,10-12H2,1H3,(H,21,24)(H,22,25). The van der Waals surface area contributed by atoms with Crippen molar-refractivity contribution in [2.75, 3.05) is 25.5 Å². The first kappa shape index (κ1) is 18.5. The van der Waals surface area contributed by atoms with Crippen molar-refractivity contribution < 1.29 is 18.4 Å². The minimum atomic E-state index is -0.439. The first-order valence-corrected chi connectivity index (χ1v) is 7.67. The summed E-state index contributed by atoms with van der Waals surface area (Å²) in [4.78, 5) is 25.3. The summed E-state index contributed by atoms with van der Waals surface area (Å²) >= 11 is 0. The third kappa shape index (κ3) is 6.68. The van der Waals surface area contributed by atoms with E-state index in [1.165, 1.54) is 35.2 Å². The molecule has 0 atom stereocenters. The molecule has 2 aromatic rings. The van der Waals surface area contributed by atoms with Gasteiger partial charge >= 0.3 is 0 Å². The smallest absolute Gasteiger partial charge is 0.238 e. The Morgan fingerprint density at radius 1 is 0.960 bits per heavy atom. The predicted molar refractivity (Wildman–Crippen MR) is 90.8 cm³/mol. The topological polar surface area (TPSA) is 61.4 Å². The number of hydrogen-bond donors (Lipinski definition) is 2. The molecule has 2 N–H and O–H groups in total. The van der Waals surface area contributed by atoms with Gasteiger partial charge in [0.1, 0.15) is 11.6 Å². The molecule has 0 unspecified atom stereocenters. The van der Waals surface area contributed by atoms with Crippen LogP contribution in [0, 0.1) is 11.6 Å². The van der Waals surface area contributed by atoms with Gasteiger partial charge in [-0.25, -0.2) is 8.78 Å². The first-order chi connectivity index (χ1) is 11.9. The van der Waals surface area contributed by atoms with E-state index in [0.29, 0.717) is 5.69 Å². The van der Waals surface area contributed by atoms with Gasteiger partial charge in [-0.15, -0.1) is 0 Å².